The highest BCUT2D eigenvalue weighted by Crippen LogP contribution is 2.40. The van der Waals surface area contributed by atoms with Crippen molar-refractivity contribution in [3.8, 4) is 0 Å². The van der Waals surface area contributed by atoms with Gasteiger partial charge in [0, 0.05) is 5.75 Å². The Morgan fingerprint density at radius 2 is 1.96 bits per heavy atom. The number of β-lactam (4-membered cyclic amide) rings is 1. The number of esters is 1. The van der Waals surface area contributed by atoms with Gasteiger partial charge in [0.05, 0.1) is 12.0 Å². The minimum Gasteiger partial charge on any atom is -0.458 e. The van der Waals surface area contributed by atoms with Crippen molar-refractivity contribution in [1.29, 1.82) is 0 Å². The minimum atomic E-state index is -1.09. The van der Waals surface area contributed by atoms with E-state index in [0.29, 0.717) is 0 Å². The van der Waals surface area contributed by atoms with Crippen molar-refractivity contribution in [3.05, 3.63) is 41.5 Å². The average Bonchev–Trinajstić information content (AvgIpc) is 2.64. The molecule has 1 aromatic carbocycles. The van der Waals surface area contributed by atoms with Gasteiger partial charge in [-0.25, -0.2) is 9.59 Å². The molecule has 8 heteroatoms. The molecule has 2 amide bonds. The minimum absolute atomic E-state index is 0.164. The lowest BCUT2D eigenvalue weighted by molar-refractivity contribution is -0.170. The van der Waals surface area contributed by atoms with E-state index in [2.05, 4.69) is 5.32 Å². The summed E-state index contributed by atoms with van der Waals surface area (Å²) in [6, 6.07) is 7.41. The molecule has 0 saturated carbocycles. The van der Waals surface area contributed by atoms with Crippen molar-refractivity contribution in [2.45, 2.75) is 50.3 Å². The van der Waals surface area contributed by atoms with Gasteiger partial charge in [-0.15, -0.1) is 11.8 Å². The van der Waals surface area contributed by atoms with Crippen LogP contribution < -0.4 is 5.32 Å². The molecule has 2 heterocycles. The molecule has 1 N–H and O–H groups in total. The number of carbonyl (C=O) groups excluding carboxylic acids is 4. The Labute approximate surface area is 167 Å². The number of ether oxygens (including phenoxy) is 1. The third-order valence-corrected chi connectivity index (χ3v) is 5.70. The molecule has 2 unspecified atom stereocenters. The molecule has 2 saturated heterocycles. The highest BCUT2D eigenvalue weighted by molar-refractivity contribution is 8.00. The van der Waals surface area contributed by atoms with E-state index < -0.39 is 34.9 Å². The smallest absolute Gasteiger partial charge is 0.334 e. The summed E-state index contributed by atoms with van der Waals surface area (Å²) in [6.45, 7) is 5.15. The van der Waals surface area contributed by atoms with Gasteiger partial charge in [-0.1, -0.05) is 30.3 Å². The number of hydrogen-bond acceptors (Lipinski definition) is 6. The molecule has 148 valence electrons. The van der Waals surface area contributed by atoms with E-state index in [0.717, 1.165) is 5.56 Å². The third kappa shape index (κ3) is 4.13. The molecule has 0 spiro atoms. The zero-order valence-corrected chi connectivity index (χ0v) is 16.7. The lowest BCUT2D eigenvalue weighted by Gasteiger charge is -2.52. The fraction of sp³-hybridized carbons (Fsp3) is 0.450. The van der Waals surface area contributed by atoms with Gasteiger partial charge in [0.2, 0.25) is 11.8 Å². The number of rotatable bonds is 4. The molecule has 28 heavy (non-hydrogen) atoms. The SMILES string of the molecule is CC(C)(C)OC(=O)C1C(=C=O)CS[C@H]2C(NC(=O)Cc3ccccc3)C(=O)N12. The van der Waals surface area contributed by atoms with Crippen molar-refractivity contribution >= 4 is 35.5 Å². The van der Waals surface area contributed by atoms with E-state index in [1.54, 1.807) is 26.7 Å². The van der Waals surface area contributed by atoms with E-state index in [1.807, 2.05) is 30.3 Å². The zero-order valence-electron chi connectivity index (χ0n) is 15.9. The highest BCUT2D eigenvalue weighted by atomic mass is 32.2. The van der Waals surface area contributed by atoms with Crippen LogP contribution in [0.3, 0.4) is 0 Å². The second-order valence-electron chi connectivity index (χ2n) is 7.72. The summed E-state index contributed by atoms with van der Waals surface area (Å²) in [5.41, 5.74) is 0.276. The number of nitrogens with one attached hydrogen (secondary N) is 1. The number of benzene rings is 1. The van der Waals surface area contributed by atoms with E-state index in [1.165, 1.54) is 16.7 Å². The van der Waals surface area contributed by atoms with Crippen LogP contribution in [0.1, 0.15) is 26.3 Å². The molecule has 2 fully saturated rings. The number of thioether (sulfide) groups is 1. The topological polar surface area (TPSA) is 92.8 Å². The quantitative estimate of drug-likeness (QED) is 0.461. The number of amides is 2. The molecule has 1 aromatic rings. The van der Waals surface area contributed by atoms with E-state index in [9.17, 15) is 19.2 Å². The van der Waals surface area contributed by atoms with Crippen LogP contribution in [0.25, 0.3) is 0 Å². The first-order valence-corrected chi connectivity index (χ1v) is 10.00. The second-order valence-corrected chi connectivity index (χ2v) is 8.82. The second kappa shape index (κ2) is 7.81. The van der Waals surface area contributed by atoms with Crippen LogP contribution in [0.2, 0.25) is 0 Å². The summed E-state index contributed by atoms with van der Waals surface area (Å²) in [5.74, 6) is 0.712. The maximum absolute atomic E-state index is 12.7. The number of fused-ring (bicyclic) bond motifs is 1. The predicted octanol–water partition coefficient (Wildman–Crippen LogP) is 1.10. The standard InChI is InChI=1S/C20H22N2O5S/c1-20(2,3)27-19(26)16-13(10-23)11-28-18-15(17(25)22(16)18)21-14(24)9-12-7-5-4-6-8-12/h4-8,15-16,18H,9,11H2,1-3H3,(H,21,24)/t15?,16?,18-/m0/s1. The van der Waals surface area contributed by atoms with Gasteiger partial charge in [-0.05, 0) is 26.3 Å². The lowest BCUT2D eigenvalue weighted by atomic mass is 9.98. The van der Waals surface area contributed by atoms with E-state index >= 15 is 0 Å². The molecule has 0 aliphatic carbocycles. The average molecular weight is 402 g/mol. The summed E-state index contributed by atoms with van der Waals surface area (Å²) in [6.07, 6.45) is 0.164. The molecule has 0 bridgehead atoms. The first-order valence-electron chi connectivity index (χ1n) is 8.95. The maximum Gasteiger partial charge on any atom is 0.334 e. The molecular formula is C20H22N2O5S. The molecule has 2 aliphatic heterocycles. The summed E-state index contributed by atoms with van der Waals surface area (Å²) >= 11 is 1.33. The summed E-state index contributed by atoms with van der Waals surface area (Å²) in [7, 11) is 0. The van der Waals surface area contributed by atoms with Gasteiger partial charge in [-0.2, -0.15) is 0 Å². The van der Waals surface area contributed by atoms with Gasteiger partial charge >= 0.3 is 5.97 Å². The van der Waals surface area contributed by atoms with Gasteiger partial charge in [0.25, 0.3) is 0 Å². The summed E-state index contributed by atoms with van der Waals surface area (Å²) < 4.78 is 5.38. The molecule has 7 nitrogen and oxygen atoms in total. The van der Waals surface area contributed by atoms with Gasteiger partial charge < -0.3 is 15.0 Å². The Bertz CT molecular complexity index is 842. The van der Waals surface area contributed by atoms with Crippen molar-refractivity contribution in [2.24, 2.45) is 0 Å². The van der Waals surface area contributed by atoms with Crippen LogP contribution in [0, 0.1) is 0 Å². The Kier molecular flexibility index (Phi) is 5.63. The van der Waals surface area contributed by atoms with Crippen LogP contribution >= 0.6 is 11.8 Å². The Hall–Kier alpha value is -2.57. The number of carbonyl (C=O) groups is 3. The molecule has 3 rings (SSSR count). The van der Waals surface area contributed by atoms with E-state index in [-0.39, 0.29) is 23.7 Å². The maximum atomic E-state index is 12.7. The van der Waals surface area contributed by atoms with Crippen LogP contribution in [0.4, 0.5) is 0 Å². The Morgan fingerprint density at radius 3 is 2.57 bits per heavy atom. The fourth-order valence-corrected chi connectivity index (χ4v) is 4.53. The summed E-state index contributed by atoms with van der Waals surface area (Å²) in [5, 5.41) is 2.33. The Balaban J connectivity index is 1.70. The van der Waals surface area contributed by atoms with Gasteiger partial charge in [0.1, 0.15) is 23.0 Å². The molecule has 0 radical (unpaired) electrons. The monoisotopic (exact) mass is 402 g/mol. The third-order valence-electron chi connectivity index (χ3n) is 4.38. The largest absolute Gasteiger partial charge is 0.458 e. The molecular weight excluding hydrogens is 380 g/mol. The zero-order chi connectivity index (χ0) is 20.5. The van der Waals surface area contributed by atoms with Crippen LogP contribution in [0.15, 0.2) is 35.9 Å². The number of hydrogen-bond donors (Lipinski definition) is 1. The summed E-state index contributed by atoms with van der Waals surface area (Å²) in [4.78, 5) is 50.2. The van der Waals surface area contributed by atoms with Crippen LogP contribution in [-0.4, -0.2) is 57.4 Å². The van der Waals surface area contributed by atoms with Crippen molar-refractivity contribution in [1.82, 2.24) is 10.2 Å². The first-order chi connectivity index (χ1) is 13.2. The molecule has 2 aliphatic rings. The van der Waals surface area contributed by atoms with Crippen molar-refractivity contribution < 1.29 is 23.9 Å². The molecule has 0 aromatic heterocycles. The Morgan fingerprint density at radius 1 is 1.29 bits per heavy atom. The fourth-order valence-electron chi connectivity index (χ4n) is 3.20. The van der Waals surface area contributed by atoms with Crippen LogP contribution in [-0.2, 0) is 30.3 Å². The molecule has 3 atom stereocenters. The predicted molar refractivity (Wildman–Crippen MR) is 104 cm³/mol. The first kappa shape index (κ1) is 20.2. The highest BCUT2D eigenvalue weighted by Gasteiger charge is 2.57. The van der Waals surface area contributed by atoms with Crippen molar-refractivity contribution in [2.75, 3.05) is 5.75 Å². The van der Waals surface area contributed by atoms with E-state index in [4.69, 9.17) is 4.74 Å². The normalized spacial score (nSPS) is 24.0. The van der Waals surface area contributed by atoms with Gasteiger partial charge in [-0.3, -0.25) is 9.59 Å². The number of nitrogens with zero attached hydrogens (tertiary/aromatic N) is 1. The van der Waals surface area contributed by atoms with Crippen molar-refractivity contribution in [3.63, 3.8) is 0 Å². The van der Waals surface area contributed by atoms with Crippen LogP contribution in [0.5, 0.6) is 0 Å². The lowest BCUT2D eigenvalue weighted by Crippen LogP contribution is -2.75. The van der Waals surface area contributed by atoms with Gasteiger partial charge in [0.15, 0.2) is 6.04 Å².